The van der Waals surface area contributed by atoms with Gasteiger partial charge in [0, 0.05) is 29.9 Å². The second-order valence-corrected chi connectivity index (χ2v) is 14.3. The summed E-state index contributed by atoms with van der Waals surface area (Å²) < 4.78 is 94.0. The minimum atomic E-state index is -4.11. The normalized spacial score (nSPS) is 24.9. The first kappa shape index (κ1) is 29.5. The van der Waals surface area contributed by atoms with Gasteiger partial charge >= 0.3 is 0 Å². The van der Waals surface area contributed by atoms with Crippen molar-refractivity contribution in [2.75, 3.05) is 17.6 Å². The zero-order valence-corrected chi connectivity index (χ0v) is 22.9. The van der Waals surface area contributed by atoms with Gasteiger partial charge < -0.3 is 10.4 Å². The molecule has 2 aliphatic rings. The number of aliphatic hydroxyl groups is 1. The van der Waals surface area contributed by atoms with Crippen molar-refractivity contribution in [3.63, 3.8) is 0 Å². The van der Waals surface area contributed by atoms with E-state index in [1.165, 1.54) is 18.2 Å². The van der Waals surface area contributed by atoms with E-state index in [1.807, 2.05) is 0 Å². The summed E-state index contributed by atoms with van der Waals surface area (Å²) in [7, 11) is -7.80. The molecule has 0 aromatic heterocycles. The van der Waals surface area contributed by atoms with E-state index < -0.39 is 65.9 Å². The van der Waals surface area contributed by atoms with Crippen molar-refractivity contribution in [3.8, 4) is 0 Å². The van der Waals surface area contributed by atoms with Crippen LogP contribution in [0.1, 0.15) is 36.0 Å². The number of hydrogen-bond donors (Lipinski definition) is 3. The van der Waals surface area contributed by atoms with Crippen molar-refractivity contribution in [3.05, 3.63) is 71.0 Å². The van der Waals surface area contributed by atoms with E-state index in [-0.39, 0.29) is 46.3 Å². The molecule has 2 saturated carbocycles. The van der Waals surface area contributed by atoms with Crippen LogP contribution in [0.25, 0.3) is 0 Å². The van der Waals surface area contributed by atoms with Crippen molar-refractivity contribution >= 4 is 43.1 Å². The smallest absolute Gasteiger partial charge is 0.255 e. The fourth-order valence-corrected chi connectivity index (χ4v) is 8.75. The summed E-state index contributed by atoms with van der Waals surface area (Å²) in [4.78, 5) is 12.4. The van der Waals surface area contributed by atoms with E-state index in [1.54, 1.807) is 0 Å². The number of fused-ring (bicyclic) bond motifs is 2. The van der Waals surface area contributed by atoms with Crippen LogP contribution in [-0.2, 0) is 19.9 Å². The van der Waals surface area contributed by atoms with E-state index in [0.29, 0.717) is 25.0 Å². The molecule has 0 radical (unpaired) electrons. The molecule has 4 atom stereocenters. The molecule has 212 valence electrons. The average Bonchev–Trinajstić information content (AvgIpc) is 3.02. The molecule has 3 N–H and O–H groups in total. The highest BCUT2D eigenvalue weighted by atomic mass is 35.5. The Morgan fingerprint density at radius 2 is 1.67 bits per heavy atom. The largest absolute Gasteiger partial charge is 0.388 e. The monoisotopic (exact) mass is 606 g/mol. The van der Waals surface area contributed by atoms with Gasteiger partial charge in [-0.25, -0.2) is 34.7 Å². The quantitative estimate of drug-likeness (QED) is 0.294. The van der Waals surface area contributed by atoms with Crippen LogP contribution < -0.4 is 10.0 Å². The number of carbonyl (C=O) groups is 1. The maximum atomic E-state index is 13.6. The molecule has 0 spiro atoms. The molecular weight excluding hydrogens is 581 g/mol. The minimum absolute atomic E-state index is 0.0550. The second kappa shape index (κ2) is 10.8. The Bertz CT molecular complexity index is 1500. The summed E-state index contributed by atoms with van der Waals surface area (Å²) in [5.41, 5.74) is -1.96. The molecule has 4 rings (SSSR count). The number of rotatable bonds is 9. The Morgan fingerprint density at radius 1 is 1.08 bits per heavy atom. The number of benzene rings is 2. The Kier molecular flexibility index (Phi) is 8.21. The predicted octanol–water partition coefficient (Wildman–Crippen LogP) is 3.81. The molecule has 39 heavy (non-hydrogen) atoms. The maximum absolute atomic E-state index is 13.6. The van der Waals surface area contributed by atoms with Crippen molar-refractivity contribution < 1.29 is 39.9 Å². The molecule has 2 bridgehead atoms. The van der Waals surface area contributed by atoms with Gasteiger partial charge in [-0.15, -0.1) is 6.58 Å². The van der Waals surface area contributed by atoms with Crippen molar-refractivity contribution in [1.29, 1.82) is 0 Å². The molecule has 2 aromatic rings. The first-order chi connectivity index (χ1) is 18.2. The molecule has 2 aromatic carbocycles. The Labute approximate surface area is 229 Å². The molecule has 2 fully saturated rings. The fraction of sp³-hybridized carbons (Fsp3) is 0.400. The Hall–Kier alpha value is -2.45. The molecule has 0 aliphatic heterocycles. The number of halogens is 4. The number of nitrogens with one attached hydrogen (secondary N) is 2. The first-order valence-electron chi connectivity index (χ1n) is 12.0. The lowest BCUT2D eigenvalue weighted by molar-refractivity contribution is -0.0525. The maximum Gasteiger partial charge on any atom is 0.255 e. The number of carbonyl (C=O) groups excluding carboxylic acids is 1. The van der Waals surface area contributed by atoms with Gasteiger partial charge in [0.05, 0.1) is 26.5 Å². The molecule has 1 amide bonds. The van der Waals surface area contributed by atoms with Crippen molar-refractivity contribution in [2.45, 2.75) is 41.4 Å². The summed E-state index contributed by atoms with van der Waals surface area (Å²) in [6, 6.07) is 4.65. The zero-order valence-electron chi connectivity index (χ0n) is 20.5. The SMILES string of the molecule is C=CCS(=O)(=O)NCC1(O)C2CC[C@H]1CC(S(=O)(=O)c1cc(C(=O)Nc3cc(F)c(F)c(F)c3)ccc1Cl)C2. The summed E-state index contributed by atoms with van der Waals surface area (Å²) in [6.07, 6.45) is 2.35. The van der Waals surface area contributed by atoms with Gasteiger partial charge in [0.15, 0.2) is 27.3 Å². The van der Waals surface area contributed by atoms with Crippen molar-refractivity contribution in [1.82, 2.24) is 4.72 Å². The van der Waals surface area contributed by atoms with Crippen LogP contribution >= 0.6 is 11.6 Å². The van der Waals surface area contributed by atoms with Gasteiger partial charge in [-0.1, -0.05) is 17.7 Å². The third-order valence-electron chi connectivity index (χ3n) is 7.47. The van der Waals surface area contributed by atoms with Crippen LogP contribution in [0.4, 0.5) is 18.9 Å². The number of hydrogen-bond acceptors (Lipinski definition) is 6. The van der Waals surface area contributed by atoms with Crippen LogP contribution in [0.5, 0.6) is 0 Å². The van der Waals surface area contributed by atoms with Crippen LogP contribution in [0.3, 0.4) is 0 Å². The number of sulfonamides is 1. The van der Waals surface area contributed by atoms with Gasteiger partial charge in [0.25, 0.3) is 5.91 Å². The van der Waals surface area contributed by atoms with Gasteiger partial charge in [-0.3, -0.25) is 4.79 Å². The number of sulfone groups is 1. The standard InChI is InChI=1S/C25H26ClF3N2O6S2/c1-2-7-38(34,35)30-13-25(33)15-4-5-16(25)10-18(9-15)39(36,37)22-8-14(3-6-19(22)26)24(32)31-17-11-20(27)23(29)21(28)12-17/h2-3,6,8,11-12,15-16,18,30,33H,1,4-5,7,9-10,13H2,(H,31,32)/t15-,16?,18?,25?/m0/s1. The average molecular weight is 607 g/mol. The predicted molar refractivity (Wildman–Crippen MR) is 139 cm³/mol. The topological polar surface area (TPSA) is 130 Å². The van der Waals surface area contributed by atoms with Gasteiger partial charge in [0.1, 0.15) is 0 Å². The highest BCUT2D eigenvalue weighted by Crippen LogP contribution is 2.52. The van der Waals surface area contributed by atoms with E-state index in [4.69, 9.17) is 11.6 Å². The first-order valence-corrected chi connectivity index (χ1v) is 15.6. The number of amides is 1. The molecule has 14 heteroatoms. The zero-order chi connectivity index (χ0) is 28.8. The Morgan fingerprint density at radius 3 is 2.23 bits per heavy atom. The number of anilines is 1. The summed E-state index contributed by atoms with van der Waals surface area (Å²) >= 11 is 6.21. The van der Waals surface area contributed by atoms with E-state index in [0.717, 1.165) is 6.07 Å². The molecule has 8 nitrogen and oxygen atoms in total. The Balaban J connectivity index is 1.54. The summed E-state index contributed by atoms with van der Waals surface area (Å²) in [6.45, 7) is 3.15. The fourth-order valence-electron chi connectivity index (χ4n) is 5.47. The van der Waals surface area contributed by atoms with E-state index in [2.05, 4.69) is 16.6 Å². The van der Waals surface area contributed by atoms with Crippen LogP contribution in [0.2, 0.25) is 5.02 Å². The van der Waals surface area contributed by atoms with E-state index >= 15 is 0 Å². The van der Waals surface area contributed by atoms with Gasteiger partial charge in [-0.05, 0) is 55.7 Å². The molecule has 2 aliphatic carbocycles. The third kappa shape index (κ3) is 5.87. The lowest BCUT2D eigenvalue weighted by Crippen LogP contribution is -2.54. The third-order valence-corrected chi connectivity index (χ3v) is 11.4. The van der Waals surface area contributed by atoms with Gasteiger partial charge in [0.2, 0.25) is 10.0 Å². The molecule has 0 saturated heterocycles. The van der Waals surface area contributed by atoms with E-state index in [9.17, 15) is 39.9 Å². The molecule has 0 heterocycles. The van der Waals surface area contributed by atoms with Crippen LogP contribution in [-0.4, -0.2) is 51.0 Å². The van der Waals surface area contributed by atoms with Crippen molar-refractivity contribution in [2.24, 2.45) is 11.8 Å². The minimum Gasteiger partial charge on any atom is -0.388 e. The molecule has 3 unspecified atom stereocenters. The second-order valence-electron chi connectivity index (χ2n) is 9.85. The van der Waals surface area contributed by atoms with Gasteiger partial charge in [-0.2, -0.15) is 0 Å². The van der Waals surface area contributed by atoms with Crippen LogP contribution in [0.15, 0.2) is 47.9 Å². The highest BCUT2D eigenvalue weighted by Gasteiger charge is 2.55. The lowest BCUT2D eigenvalue weighted by Gasteiger charge is -2.42. The van der Waals surface area contributed by atoms with Crippen LogP contribution in [0, 0.1) is 29.3 Å². The summed E-state index contributed by atoms with van der Waals surface area (Å²) in [5.74, 6) is -6.92. The highest BCUT2D eigenvalue weighted by molar-refractivity contribution is 7.92. The molecular formula is C25H26ClF3N2O6S2. The summed E-state index contributed by atoms with van der Waals surface area (Å²) in [5, 5.41) is 12.4. The lowest BCUT2D eigenvalue weighted by atomic mass is 9.74.